The quantitative estimate of drug-likeness (QED) is 0.346. The van der Waals surface area contributed by atoms with Gasteiger partial charge >= 0.3 is 11.7 Å². The summed E-state index contributed by atoms with van der Waals surface area (Å²) in [6.45, 7) is 1.000. The van der Waals surface area contributed by atoms with Crippen LogP contribution in [0.5, 0.6) is 0 Å². The first-order chi connectivity index (χ1) is 12.3. The third-order valence-electron chi connectivity index (χ3n) is 3.71. The van der Waals surface area contributed by atoms with E-state index in [1.54, 1.807) is 24.1 Å². The predicted octanol–water partition coefficient (Wildman–Crippen LogP) is 1.26. The number of benzene rings is 1. The Morgan fingerprint density at radius 3 is 2.85 bits per heavy atom. The minimum atomic E-state index is -0.891. The summed E-state index contributed by atoms with van der Waals surface area (Å²) in [6, 6.07) is 5.21. The molecule has 1 aromatic heterocycles. The maximum absolute atomic E-state index is 11.8. The molecule has 0 amide bonds. The number of methoxy groups -OCH3 is 1. The number of halogens is 1. The van der Waals surface area contributed by atoms with E-state index in [0.29, 0.717) is 35.5 Å². The maximum atomic E-state index is 11.8. The van der Waals surface area contributed by atoms with Gasteiger partial charge in [0.05, 0.1) is 24.6 Å². The number of carbonyl (C=O) groups excluding carboxylic acids is 1. The Kier molecular flexibility index (Phi) is 6.45. The molecular formula is C16H19BrN4O5. The van der Waals surface area contributed by atoms with Crippen LogP contribution in [0.1, 0.15) is 16.8 Å². The van der Waals surface area contributed by atoms with Gasteiger partial charge in [0.25, 0.3) is 5.56 Å². The fourth-order valence-corrected chi connectivity index (χ4v) is 2.86. The predicted molar refractivity (Wildman–Crippen MR) is 100 cm³/mol. The van der Waals surface area contributed by atoms with E-state index in [-0.39, 0.29) is 5.69 Å². The van der Waals surface area contributed by atoms with Crippen molar-refractivity contribution in [2.75, 3.05) is 37.5 Å². The summed E-state index contributed by atoms with van der Waals surface area (Å²) in [5.74, 6) is -0.442. The number of aromatic nitrogens is 2. The van der Waals surface area contributed by atoms with Crippen molar-refractivity contribution in [2.24, 2.45) is 0 Å². The molecule has 0 saturated heterocycles. The van der Waals surface area contributed by atoms with Crippen molar-refractivity contribution in [1.29, 1.82) is 0 Å². The van der Waals surface area contributed by atoms with Crippen molar-refractivity contribution < 1.29 is 14.7 Å². The van der Waals surface area contributed by atoms with Gasteiger partial charge in [-0.1, -0.05) is 6.07 Å². The number of nitrogens with one attached hydrogen (secondary N) is 2. The first-order valence-electron chi connectivity index (χ1n) is 7.72. The number of carbonyl (C=O) groups is 1. The number of hydrogen-bond acceptors (Lipinski definition) is 7. The van der Waals surface area contributed by atoms with Crippen molar-refractivity contribution in [3.05, 3.63) is 55.3 Å². The number of aromatic amines is 1. The second-order valence-electron chi connectivity index (χ2n) is 5.47. The maximum Gasteiger partial charge on any atom is 0.361 e. The Balaban J connectivity index is 2.00. The SMILES string of the molecule is COC(=O)c1cccc(Br)c1NCCCN(C)c1cn(O)c(=O)[nH]c1=O. The van der Waals surface area contributed by atoms with Gasteiger partial charge in [0.1, 0.15) is 5.69 Å². The zero-order chi connectivity index (χ0) is 19.3. The van der Waals surface area contributed by atoms with Crippen LogP contribution in [0.4, 0.5) is 11.4 Å². The van der Waals surface area contributed by atoms with E-state index in [4.69, 9.17) is 4.74 Å². The van der Waals surface area contributed by atoms with E-state index >= 15 is 0 Å². The smallest absolute Gasteiger partial charge is 0.361 e. The molecule has 2 aromatic rings. The molecule has 10 heteroatoms. The molecule has 0 atom stereocenters. The summed E-state index contributed by atoms with van der Waals surface area (Å²) in [6.07, 6.45) is 1.69. The highest BCUT2D eigenvalue weighted by Gasteiger charge is 2.14. The van der Waals surface area contributed by atoms with Crippen molar-refractivity contribution >= 4 is 33.3 Å². The Morgan fingerprint density at radius 1 is 1.42 bits per heavy atom. The summed E-state index contributed by atoms with van der Waals surface area (Å²) in [4.78, 5) is 38.4. The van der Waals surface area contributed by atoms with E-state index in [2.05, 4.69) is 21.2 Å². The number of anilines is 2. The molecule has 1 aromatic carbocycles. The molecule has 0 saturated carbocycles. The van der Waals surface area contributed by atoms with Crippen LogP contribution in [0.15, 0.2) is 38.5 Å². The van der Waals surface area contributed by atoms with Gasteiger partial charge in [-0.15, -0.1) is 4.73 Å². The average Bonchev–Trinajstić information content (AvgIpc) is 2.61. The number of hydrogen-bond donors (Lipinski definition) is 3. The van der Waals surface area contributed by atoms with Crippen LogP contribution in [-0.2, 0) is 4.74 Å². The van der Waals surface area contributed by atoms with E-state index < -0.39 is 17.2 Å². The van der Waals surface area contributed by atoms with Crippen molar-refractivity contribution in [3.8, 4) is 0 Å². The molecule has 0 radical (unpaired) electrons. The zero-order valence-corrected chi connectivity index (χ0v) is 15.9. The molecule has 9 nitrogen and oxygen atoms in total. The van der Waals surface area contributed by atoms with Crippen molar-refractivity contribution in [2.45, 2.75) is 6.42 Å². The number of nitrogens with zero attached hydrogens (tertiary/aromatic N) is 2. The molecule has 0 bridgehead atoms. The monoisotopic (exact) mass is 426 g/mol. The Hall–Kier alpha value is -2.75. The van der Waals surface area contributed by atoms with Crippen molar-refractivity contribution in [3.63, 3.8) is 0 Å². The van der Waals surface area contributed by atoms with Gasteiger partial charge < -0.3 is 20.2 Å². The van der Waals surface area contributed by atoms with Crippen LogP contribution in [0.25, 0.3) is 0 Å². The average molecular weight is 427 g/mol. The molecule has 140 valence electrons. The molecule has 0 aliphatic carbocycles. The molecule has 26 heavy (non-hydrogen) atoms. The molecule has 0 spiro atoms. The van der Waals surface area contributed by atoms with E-state index in [1.807, 2.05) is 11.1 Å². The van der Waals surface area contributed by atoms with Crippen LogP contribution in [0, 0.1) is 0 Å². The Morgan fingerprint density at radius 2 is 2.15 bits per heavy atom. The van der Waals surface area contributed by atoms with Gasteiger partial charge in [-0.05, 0) is 34.5 Å². The van der Waals surface area contributed by atoms with Gasteiger partial charge in [-0.2, -0.15) is 0 Å². The van der Waals surface area contributed by atoms with Gasteiger partial charge in [-0.25, -0.2) is 9.59 Å². The highest BCUT2D eigenvalue weighted by molar-refractivity contribution is 9.10. The second kappa shape index (κ2) is 8.56. The number of rotatable bonds is 7. The number of para-hydroxylation sites is 1. The fourth-order valence-electron chi connectivity index (χ4n) is 2.36. The lowest BCUT2D eigenvalue weighted by Crippen LogP contribution is -2.34. The van der Waals surface area contributed by atoms with Crippen LogP contribution < -0.4 is 21.5 Å². The third kappa shape index (κ3) is 4.45. The van der Waals surface area contributed by atoms with Crippen molar-refractivity contribution in [1.82, 2.24) is 9.71 Å². The number of esters is 1. The normalized spacial score (nSPS) is 10.4. The fraction of sp³-hybridized carbons (Fsp3) is 0.312. The largest absolute Gasteiger partial charge is 0.465 e. The molecule has 1 heterocycles. The molecule has 0 fully saturated rings. The summed E-state index contributed by atoms with van der Waals surface area (Å²) >= 11 is 3.40. The zero-order valence-electron chi connectivity index (χ0n) is 14.3. The highest BCUT2D eigenvalue weighted by atomic mass is 79.9. The van der Waals surface area contributed by atoms with Gasteiger partial charge in [0.15, 0.2) is 0 Å². The van der Waals surface area contributed by atoms with Crippen LogP contribution in [0.2, 0.25) is 0 Å². The summed E-state index contributed by atoms with van der Waals surface area (Å²) in [7, 11) is 2.99. The molecule has 0 aliphatic heterocycles. The third-order valence-corrected chi connectivity index (χ3v) is 4.37. The molecule has 2 rings (SSSR count). The molecule has 0 aliphatic rings. The molecule has 0 unspecified atom stereocenters. The molecular weight excluding hydrogens is 408 g/mol. The van der Waals surface area contributed by atoms with Gasteiger partial charge in [0, 0.05) is 24.6 Å². The Labute approximate surface area is 157 Å². The van der Waals surface area contributed by atoms with E-state index in [1.165, 1.54) is 7.11 Å². The van der Waals surface area contributed by atoms with E-state index in [0.717, 1.165) is 10.7 Å². The van der Waals surface area contributed by atoms with Crippen LogP contribution in [-0.4, -0.2) is 48.1 Å². The van der Waals surface area contributed by atoms with Crippen LogP contribution >= 0.6 is 15.9 Å². The van der Waals surface area contributed by atoms with E-state index in [9.17, 15) is 19.6 Å². The van der Waals surface area contributed by atoms with Gasteiger partial charge in [0.2, 0.25) is 0 Å². The second-order valence-corrected chi connectivity index (χ2v) is 6.33. The number of H-pyrrole nitrogens is 1. The standard InChI is InChI=1S/C16H19BrN4O5/c1-20(12-9-21(25)16(24)19-14(12)22)8-4-7-18-13-10(15(23)26-2)5-3-6-11(13)17/h3,5-6,9,18,25H,4,7-8H2,1-2H3,(H,19,22,24). The first-order valence-corrected chi connectivity index (χ1v) is 8.51. The summed E-state index contributed by atoms with van der Waals surface area (Å²) in [5.41, 5.74) is -0.251. The topological polar surface area (TPSA) is 117 Å². The van der Waals surface area contributed by atoms with Crippen LogP contribution in [0.3, 0.4) is 0 Å². The Bertz CT molecular complexity index is 908. The van der Waals surface area contributed by atoms with Gasteiger partial charge in [-0.3, -0.25) is 9.78 Å². The minimum absolute atomic E-state index is 0.170. The summed E-state index contributed by atoms with van der Waals surface area (Å²) in [5, 5.41) is 12.5. The molecule has 3 N–H and O–H groups in total. The lowest BCUT2D eigenvalue weighted by molar-refractivity contribution is 0.0601. The lowest BCUT2D eigenvalue weighted by atomic mass is 10.1. The minimum Gasteiger partial charge on any atom is -0.465 e. The lowest BCUT2D eigenvalue weighted by Gasteiger charge is -2.19. The summed E-state index contributed by atoms with van der Waals surface area (Å²) < 4.78 is 5.83. The number of ether oxygens (including phenoxy) is 1. The highest BCUT2D eigenvalue weighted by Crippen LogP contribution is 2.27. The first kappa shape index (κ1) is 19.6.